The van der Waals surface area contributed by atoms with Gasteiger partial charge in [-0.25, -0.2) is 4.39 Å². The summed E-state index contributed by atoms with van der Waals surface area (Å²) in [6.07, 6.45) is 0.928. The van der Waals surface area contributed by atoms with E-state index in [0.717, 1.165) is 23.6 Å². The van der Waals surface area contributed by atoms with E-state index in [0.29, 0.717) is 5.96 Å². The van der Waals surface area contributed by atoms with Gasteiger partial charge in [0.05, 0.1) is 6.54 Å². The van der Waals surface area contributed by atoms with Crippen LogP contribution in [0.4, 0.5) is 4.39 Å². The summed E-state index contributed by atoms with van der Waals surface area (Å²) in [5.41, 5.74) is -0.243. The molecule has 24 heavy (non-hydrogen) atoms. The highest BCUT2D eigenvalue weighted by atomic mass is 32.2. The molecule has 0 aliphatic rings. The molecule has 0 aliphatic carbocycles. The molecule has 0 saturated heterocycles. The van der Waals surface area contributed by atoms with Gasteiger partial charge in [0.1, 0.15) is 5.82 Å². The van der Waals surface area contributed by atoms with Crippen LogP contribution in [0.1, 0.15) is 27.2 Å². The quantitative estimate of drug-likeness (QED) is 0.304. The Morgan fingerprint density at radius 2 is 1.88 bits per heavy atom. The van der Waals surface area contributed by atoms with Crippen LogP contribution in [0, 0.1) is 5.82 Å². The van der Waals surface area contributed by atoms with E-state index in [1.54, 1.807) is 30.9 Å². The Balaban J connectivity index is 2.18. The Labute approximate surface area is 147 Å². The maximum atomic E-state index is 12.8. The highest BCUT2D eigenvalue weighted by Gasteiger charge is 2.13. The van der Waals surface area contributed by atoms with Crippen molar-refractivity contribution in [2.45, 2.75) is 37.6 Å². The fraction of sp³-hybridized carbons (Fsp3) is 0.529. The van der Waals surface area contributed by atoms with Crippen molar-refractivity contribution in [2.75, 3.05) is 25.9 Å². The predicted molar refractivity (Wildman–Crippen MR) is 99.0 cm³/mol. The third-order valence-electron chi connectivity index (χ3n) is 2.85. The first-order valence-electron chi connectivity index (χ1n) is 7.94. The lowest BCUT2D eigenvalue weighted by Gasteiger charge is -2.21. The molecule has 0 fully saturated rings. The second-order valence-electron chi connectivity index (χ2n) is 6.31. The average molecular weight is 354 g/mol. The van der Waals surface area contributed by atoms with Crippen molar-refractivity contribution in [2.24, 2.45) is 4.99 Å². The normalized spacial score (nSPS) is 12.0. The highest BCUT2D eigenvalue weighted by molar-refractivity contribution is 7.99. The minimum atomic E-state index is -0.243. The minimum absolute atomic E-state index is 0.0719. The van der Waals surface area contributed by atoms with Crippen molar-refractivity contribution in [1.29, 1.82) is 0 Å². The van der Waals surface area contributed by atoms with E-state index in [4.69, 9.17) is 0 Å². The molecule has 0 saturated carbocycles. The topological polar surface area (TPSA) is 65.5 Å². The van der Waals surface area contributed by atoms with Crippen LogP contribution in [-0.4, -0.2) is 43.3 Å². The molecule has 1 amide bonds. The Bertz CT molecular complexity index is 541. The Hall–Kier alpha value is -1.76. The predicted octanol–water partition coefficient (Wildman–Crippen LogP) is 2.39. The number of hydrogen-bond donors (Lipinski definition) is 3. The smallest absolute Gasteiger partial charge is 0.239 e. The van der Waals surface area contributed by atoms with Crippen LogP contribution >= 0.6 is 11.8 Å². The number of hydrogen-bond acceptors (Lipinski definition) is 3. The lowest BCUT2D eigenvalue weighted by molar-refractivity contribution is -0.121. The van der Waals surface area contributed by atoms with Gasteiger partial charge in [-0.1, -0.05) is 0 Å². The molecular weight excluding hydrogens is 327 g/mol. The molecule has 1 aromatic rings. The highest BCUT2D eigenvalue weighted by Crippen LogP contribution is 2.18. The molecule has 5 nitrogen and oxygen atoms in total. The van der Waals surface area contributed by atoms with Gasteiger partial charge < -0.3 is 16.0 Å². The summed E-state index contributed by atoms with van der Waals surface area (Å²) >= 11 is 1.68. The minimum Gasteiger partial charge on any atom is -0.356 e. The van der Waals surface area contributed by atoms with Crippen LogP contribution in [0.2, 0.25) is 0 Å². The van der Waals surface area contributed by atoms with E-state index in [-0.39, 0.29) is 23.8 Å². The first kappa shape index (κ1) is 20.3. The van der Waals surface area contributed by atoms with Gasteiger partial charge in [-0.3, -0.25) is 9.79 Å². The maximum absolute atomic E-state index is 12.8. The number of guanidine groups is 1. The summed E-state index contributed by atoms with van der Waals surface area (Å²) in [5, 5.41) is 9.04. The van der Waals surface area contributed by atoms with E-state index < -0.39 is 0 Å². The number of carbonyl (C=O) groups excluding carboxylic acids is 1. The second-order valence-corrected chi connectivity index (χ2v) is 7.47. The number of nitrogens with one attached hydrogen (secondary N) is 3. The van der Waals surface area contributed by atoms with E-state index in [9.17, 15) is 9.18 Å². The van der Waals surface area contributed by atoms with Crippen LogP contribution in [0.5, 0.6) is 0 Å². The zero-order valence-corrected chi connectivity index (χ0v) is 15.6. The van der Waals surface area contributed by atoms with Crippen molar-refractivity contribution < 1.29 is 9.18 Å². The molecule has 0 bridgehead atoms. The van der Waals surface area contributed by atoms with Gasteiger partial charge in [-0.2, -0.15) is 0 Å². The van der Waals surface area contributed by atoms with Crippen LogP contribution < -0.4 is 16.0 Å². The number of rotatable bonds is 7. The van der Waals surface area contributed by atoms with Gasteiger partial charge in [0.15, 0.2) is 5.96 Å². The molecule has 1 rings (SSSR count). The number of halogens is 1. The van der Waals surface area contributed by atoms with Crippen molar-refractivity contribution in [3.63, 3.8) is 0 Å². The molecule has 0 heterocycles. The molecule has 0 unspecified atom stereocenters. The summed E-state index contributed by atoms with van der Waals surface area (Å²) in [6.45, 7) is 6.75. The molecule has 7 heteroatoms. The van der Waals surface area contributed by atoms with Gasteiger partial charge in [-0.05, 0) is 57.2 Å². The number of nitrogens with zero attached hydrogens (tertiary/aromatic N) is 1. The summed E-state index contributed by atoms with van der Waals surface area (Å²) in [6, 6.07) is 6.49. The first-order valence-corrected chi connectivity index (χ1v) is 8.92. The largest absolute Gasteiger partial charge is 0.356 e. The Kier molecular flexibility index (Phi) is 8.60. The van der Waals surface area contributed by atoms with Crippen molar-refractivity contribution >= 4 is 23.6 Å². The lowest BCUT2D eigenvalue weighted by Crippen LogP contribution is -2.48. The van der Waals surface area contributed by atoms with E-state index >= 15 is 0 Å². The van der Waals surface area contributed by atoms with Crippen LogP contribution in [0.15, 0.2) is 34.2 Å². The van der Waals surface area contributed by atoms with E-state index in [1.807, 2.05) is 20.8 Å². The summed E-state index contributed by atoms with van der Waals surface area (Å²) < 4.78 is 12.8. The molecule has 0 radical (unpaired) electrons. The zero-order chi connectivity index (χ0) is 18.0. The fourth-order valence-electron chi connectivity index (χ4n) is 1.85. The number of amides is 1. The average Bonchev–Trinajstić information content (AvgIpc) is 2.50. The van der Waals surface area contributed by atoms with Gasteiger partial charge >= 0.3 is 0 Å². The van der Waals surface area contributed by atoms with Gasteiger partial charge in [0.2, 0.25) is 5.91 Å². The molecule has 0 aromatic heterocycles. The first-order chi connectivity index (χ1) is 11.3. The Morgan fingerprint density at radius 3 is 2.46 bits per heavy atom. The van der Waals surface area contributed by atoms with Crippen molar-refractivity contribution in [3.8, 4) is 0 Å². The molecule has 0 aliphatic heterocycles. The van der Waals surface area contributed by atoms with Crippen LogP contribution in [0.25, 0.3) is 0 Å². The molecule has 134 valence electrons. The summed E-state index contributed by atoms with van der Waals surface area (Å²) in [4.78, 5) is 16.9. The van der Waals surface area contributed by atoms with Crippen LogP contribution in [0.3, 0.4) is 0 Å². The maximum Gasteiger partial charge on any atom is 0.239 e. The Morgan fingerprint density at radius 1 is 1.21 bits per heavy atom. The van der Waals surface area contributed by atoms with Gasteiger partial charge in [0.25, 0.3) is 0 Å². The van der Waals surface area contributed by atoms with E-state index in [2.05, 4.69) is 20.9 Å². The van der Waals surface area contributed by atoms with Crippen LogP contribution in [-0.2, 0) is 4.79 Å². The van der Waals surface area contributed by atoms with Crippen molar-refractivity contribution in [1.82, 2.24) is 16.0 Å². The number of carbonyl (C=O) groups is 1. The number of aliphatic imine (C=N–C) groups is 1. The number of thioether (sulfide) groups is 1. The third kappa shape index (κ3) is 9.39. The number of benzene rings is 1. The fourth-order valence-corrected chi connectivity index (χ4v) is 2.70. The van der Waals surface area contributed by atoms with Gasteiger partial charge in [-0.15, -0.1) is 11.8 Å². The molecule has 0 spiro atoms. The zero-order valence-electron chi connectivity index (χ0n) is 14.8. The summed E-state index contributed by atoms with van der Waals surface area (Å²) in [7, 11) is 1.67. The molecular formula is C17H27FN4OS. The third-order valence-corrected chi connectivity index (χ3v) is 3.95. The van der Waals surface area contributed by atoms with Gasteiger partial charge in [0, 0.05) is 24.0 Å². The lowest BCUT2D eigenvalue weighted by atomic mass is 10.1. The standard InChI is InChI=1S/C17H27FN4OS/c1-17(2,3)22-15(23)12-21-16(19-4)20-10-5-11-24-14-8-6-13(18)7-9-14/h6-9H,5,10-12H2,1-4H3,(H,22,23)(H2,19,20,21). The SMILES string of the molecule is CN=C(NCCCSc1ccc(F)cc1)NCC(=O)NC(C)(C)C. The molecule has 1 aromatic carbocycles. The summed E-state index contributed by atoms with van der Waals surface area (Å²) in [5.74, 6) is 1.23. The molecule has 0 atom stereocenters. The molecule has 3 N–H and O–H groups in total. The van der Waals surface area contributed by atoms with Crippen molar-refractivity contribution in [3.05, 3.63) is 30.1 Å². The second kappa shape index (κ2) is 10.2. The van der Waals surface area contributed by atoms with E-state index in [1.165, 1.54) is 12.1 Å². The monoisotopic (exact) mass is 354 g/mol.